The third-order valence-electron chi connectivity index (χ3n) is 4.14. The number of ketones is 1. The van der Waals surface area contributed by atoms with E-state index in [2.05, 4.69) is 6.07 Å². The Kier molecular flexibility index (Phi) is 3.87. The minimum absolute atomic E-state index is 0.0576. The predicted octanol–water partition coefficient (Wildman–Crippen LogP) is 3.81. The Bertz CT molecular complexity index is 953. The molecule has 3 nitrogen and oxygen atoms in total. The van der Waals surface area contributed by atoms with Crippen LogP contribution in [0.25, 0.3) is 10.9 Å². The monoisotopic (exact) mass is 305 g/mol. The second kappa shape index (κ2) is 5.84. The average Bonchev–Trinajstić information content (AvgIpc) is 2.52. The number of rotatable bonds is 3. The number of hydrogen-bond acceptors (Lipinski definition) is 2. The fourth-order valence-corrected chi connectivity index (χ4v) is 3.09. The molecule has 0 saturated heterocycles. The normalized spacial score (nSPS) is 10.9. The van der Waals surface area contributed by atoms with Gasteiger partial charge in [-0.2, -0.15) is 0 Å². The summed E-state index contributed by atoms with van der Waals surface area (Å²) in [4.78, 5) is 25.0. The topological polar surface area (TPSA) is 39.1 Å². The minimum Gasteiger partial charge on any atom is -0.300 e. The van der Waals surface area contributed by atoms with E-state index in [9.17, 15) is 9.59 Å². The van der Waals surface area contributed by atoms with Crippen LogP contribution in [0.2, 0.25) is 0 Å². The molecule has 0 bridgehead atoms. The van der Waals surface area contributed by atoms with E-state index in [1.54, 1.807) is 22.8 Å². The number of Topliss-reactive ketones (excluding diaryl/α,β-unsaturated/α-hetero) is 1. The van der Waals surface area contributed by atoms with E-state index in [0.717, 1.165) is 27.6 Å². The van der Waals surface area contributed by atoms with Crippen molar-refractivity contribution in [3.05, 3.63) is 81.1 Å². The first-order chi connectivity index (χ1) is 11.0. The van der Waals surface area contributed by atoms with Crippen molar-refractivity contribution in [2.24, 2.45) is 0 Å². The Balaban J connectivity index is 2.18. The molecule has 0 aliphatic carbocycles. The lowest BCUT2D eigenvalue weighted by Gasteiger charge is -2.14. The van der Waals surface area contributed by atoms with Crippen LogP contribution >= 0.6 is 0 Å². The summed E-state index contributed by atoms with van der Waals surface area (Å²) in [6.45, 7) is 6.02. The van der Waals surface area contributed by atoms with E-state index in [-0.39, 0.29) is 17.9 Å². The molecule has 0 N–H and O–H groups in total. The van der Waals surface area contributed by atoms with Gasteiger partial charge in [-0.3, -0.25) is 9.59 Å². The lowest BCUT2D eigenvalue weighted by molar-refractivity contribution is 0.0972. The summed E-state index contributed by atoms with van der Waals surface area (Å²) in [5, 5.41) is 1.03. The van der Waals surface area contributed by atoms with Crippen LogP contribution < -0.4 is 5.56 Å². The highest BCUT2D eigenvalue weighted by atomic mass is 16.1. The maximum absolute atomic E-state index is 12.5. The van der Waals surface area contributed by atoms with E-state index >= 15 is 0 Å². The van der Waals surface area contributed by atoms with E-state index in [1.807, 2.05) is 45.0 Å². The number of aryl methyl sites for hydroxylation is 3. The van der Waals surface area contributed by atoms with E-state index in [0.29, 0.717) is 5.56 Å². The summed E-state index contributed by atoms with van der Waals surface area (Å²) in [7, 11) is 0. The standard InChI is InChI=1S/C20H19NO2/c1-13-9-15(3)20-17(10-13)14(2)11-19(23)21(20)12-18(22)16-7-5-4-6-8-16/h4-11H,12H2,1-3H3. The number of aromatic nitrogens is 1. The largest absolute Gasteiger partial charge is 0.300 e. The predicted molar refractivity (Wildman–Crippen MR) is 93.2 cm³/mol. The van der Waals surface area contributed by atoms with Gasteiger partial charge in [-0.15, -0.1) is 0 Å². The molecule has 0 radical (unpaired) electrons. The Morgan fingerprint density at radius 2 is 1.65 bits per heavy atom. The highest BCUT2D eigenvalue weighted by molar-refractivity contribution is 5.97. The van der Waals surface area contributed by atoms with Crippen molar-refractivity contribution in [1.29, 1.82) is 0 Å². The van der Waals surface area contributed by atoms with Crippen molar-refractivity contribution in [3.63, 3.8) is 0 Å². The molecule has 0 amide bonds. The van der Waals surface area contributed by atoms with Gasteiger partial charge in [-0.25, -0.2) is 0 Å². The molecule has 0 aliphatic rings. The number of fused-ring (bicyclic) bond motifs is 1. The van der Waals surface area contributed by atoms with Gasteiger partial charge in [0.1, 0.15) is 0 Å². The first-order valence-electron chi connectivity index (χ1n) is 7.67. The molecule has 1 heterocycles. The molecular weight excluding hydrogens is 286 g/mol. The van der Waals surface area contributed by atoms with E-state index in [1.165, 1.54) is 0 Å². The van der Waals surface area contributed by atoms with Crippen LogP contribution in [0.4, 0.5) is 0 Å². The van der Waals surface area contributed by atoms with Gasteiger partial charge in [0.05, 0.1) is 12.1 Å². The third kappa shape index (κ3) is 2.82. The van der Waals surface area contributed by atoms with Gasteiger partial charge in [0.2, 0.25) is 0 Å². The Morgan fingerprint density at radius 3 is 2.35 bits per heavy atom. The minimum atomic E-state index is -0.133. The molecule has 2 aromatic carbocycles. The molecule has 116 valence electrons. The number of pyridine rings is 1. The molecule has 3 aromatic rings. The van der Waals surface area contributed by atoms with Crippen molar-refractivity contribution < 1.29 is 4.79 Å². The molecule has 0 fully saturated rings. The van der Waals surface area contributed by atoms with Crippen LogP contribution in [0.3, 0.4) is 0 Å². The Labute approximate surface area is 135 Å². The van der Waals surface area contributed by atoms with Crippen molar-refractivity contribution in [3.8, 4) is 0 Å². The molecule has 3 heteroatoms. The first-order valence-corrected chi connectivity index (χ1v) is 7.67. The number of nitrogens with zero attached hydrogens (tertiary/aromatic N) is 1. The van der Waals surface area contributed by atoms with Gasteiger partial charge in [0.15, 0.2) is 5.78 Å². The quantitative estimate of drug-likeness (QED) is 0.690. The van der Waals surface area contributed by atoms with Gasteiger partial charge in [-0.1, -0.05) is 42.0 Å². The Morgan fingerprint density at radius 1 is 0.957 bits per heavy atom. The fourth-order valence-electron chi connectivity index (χ4n) is 3.09. The Hall–Kier alpha value is -2.68. The SMILES string of the molecule is Cc1cc(C)c2c(c1)c(C)cc(=O)n2CC(=O)c1ccccc1. The van der Waals surface area contributed by atoms with Crippen LogP contribution in [0, 0.1) is 20.8 Å². The van der Waals surface area contributed by atoms with Crippen LogP contribution in [0.15, 0.2) is 53.3 Å². The molecule has 0 aliphatic heterocycles. The molecule has 0 atom stereocenters. The number of carbonyl (C=O) groups is 1. The van der Waals surface area contributed by atoms with E-state index in [4.69, 9.17) is 0 Å². The van der Waals surface area contributed by atoms with Crippen LogP contribution in [0.5, 0.6) is 0 Å². The fraction of sp³-hybridized carbons (Fsp3) is 0.200. The summed E-state index contributed by atoms with van der Waals surface area (Å²) in [6, 6.07) is 14.8. The van der Waals surface area contributed by atoms with Crippen molar-refractivity contribution in [1.82, 2.24) is 4.57 Å². The maximum Gasteiger partial charge on any atom is 0.251 e. The zero-order chi connectivity index (χ0) is 16.6. The van der Waals surface area contributed by atoms with Crippen molar-refractivity contribution in [2.75, 3.05) is 0 Å². The molecule has 0 spiro atoms. The second-order valence-electron chi connectivity index (χ2n) is 6.02. The second-order valence-corrected chi connectivity index (χ2v) is 6.02. The molecule has 1 aromatic heterocycles. The summed E-state index contributed by atoms with van der Waals surface area (Å²) in [5.74, 6) is -0.0576. The van der Waals surface area contributed by atoms with Crippen LogP contribution in [-0.4, -0.2) is 10.4 Å². The zero-order valence-electron chi connectivity index (χ0n) is 13.6. The summed E-state index contributed by atoms with van der Waals surface area (Å²) in [6.07, 6.45) is 0. The smallest absolute Gasteiger partial charge is 0.251 e. The lowest BCUT2D eigenvalue weighted by Crippen LogP contribution is -2.25. The summed E-state index contributed by atoms with van der Waals surface area (Å²) < 4.78 is 1.59. The molecule has 3 rings (SSSR count). The van der Waals surface area contributed by atoms with Gasteiger partial charge < -0.3 is 4.57 Å². The maximum atomic E-state index is 12.5. The van der Waals surface area contributed by atoms with Gasteiger partial charge in [0.25, 0.3) is 5.56 Å². The van der Waals surface area contributed by atoms with Gasteiger partial charge in [0, 0.05) is 17.0 Å². The van der Waals surface area contributed by atoms with Crippen molar-refractivity contribution >= 4 is 16.7 Å². The zero-order valence-corrected chi connectivity index (χ0v) is 13.6. The lowest BCUT2D eigenvalue weighted by atomic mass is 10.0. The van der Waals surface area contributed by atoms with Crippen molar-refractivity contribution in [2.45, 2.75) is 27.3 Å². The highest BCUT2D eigenvalue weighted by Gasteiger charge is 2.13. The molecule has 0 saturated carbocycles. The average molecular weight is 305 g/mol. The number of hydrogen-bond donors (Lipinski definition) is 0. The molecule has 0 unspecified atom stereocenters. The molecular formula is C20H19NO2. The van der Waals surface area contributed by atoms with Crippen LogP contribution in [-0.2, 0) is 6.54 Å². The number of benzene rings is 2. The highest BCUT2D eigenvalue weighted by Crippen LogP contribution is 2.22. The third-order valence-corrected chi connectivity index (χ3v) is 4.14. The first kappa shape index (κ1) is 15.2. The number of carbonyl (C=O) groups excluding carboxylic acids is 1. The van der Waals surface area contributed by atoms with Gasteiger partial charge >= 0.3 is 0 Å². The van der Waals surface area contributed by atoms with E-state index < -0.39 is 0 Å². The molecule has 23 heavy (non-hydrogen) atoms. The van der Waals surface area contributed by atoms with Crippen LogP contribution in [0.1, 0.15) is 27.0 Å². The summed E-state index contributed by atoms with van der Waals surface area (Å²) in [5.41, 5.74) is 4.45. The van der Waals surface area contributed by atoms with Gasteiger partial charge in [-0.05, 0) is 38.0 Å². The summed E-state index contributed by atoms with van der Waals surface area (Å²) >= 11 is 0.